The molecule has 0 atom stereocenters. The molecule has 0 radical (unpaired) electrons. The molecule has 1 aliphatic heterocycles. The number of halogens is 3. The van der Waals surface area contributed by atoms with E-state index in [1.54, 1.807) is 18.3 Å². The molecule has 0 bridgehead atoms. The van der Waals surface area contributed by atoms with Crippen molar-refractivity contribution in [2.75, 3.05) is 18.5 Å². The Morgan fingerprint density at radius 1 is 1.26 bits per heavy atom. The Labute approximate surface area is 194 Å². The molecule has 10 nitrogen and oxygen atoms in total. The number of primary amides is 1. The normalized spacial score (nSPS) is 15.5. The molecule has 1 fully saturated rings. The highest BCUT2D eigenvalue weighted by atomic mass is 32.1. The second-order valence-corrected chi connectivity index (χ2v) is 8.43. The Bertz CT molecular complexity index is 1260. The van der Waals surface area contributed by atoms with Gasteiger partial charge >= 0.3 is 12.3 Å². The number of hydrogen-bond acceptors (Lipinski definition) is 9. The number of nitrogens with zero attached hydrogens (tertiary/aromatic N) is 4. The van der Waals surface area contributed by atoms with Crippen molar-refractivity contribution in [3.05, 3.63) is 52.9 Å². The number of carbonyl (C=O) groups is 1. The number of rotatable bonds is 5. The number of carbonyl (C=O) groups excluding carboxylic acids is 1. The minimum absolute atomic E-state index is 0.179. The average Bonchev–Trinajstić information content (AvgIpc) is 3.20. The fraction of sp³-hybridized carbons (Fsp3) is 0.250. The molecule has 1 amide bonds. The second kappa shape index (κ2) is 8.87. The summed E-state index contributed by atoms with van der Waals surface area (Å²) in [4.78, 5) is 27.7. The first kappa shape index (κ1) is 23.4. The third-order valence-electron chi connectivity index (χ3n) is 4.68. The van der Waals surface area contributed by atoms with Crippen molar-refractivity contribution in [1.82, 2.24) is 15.0 Å². The largest absolute Gasteiger partial charge is 0.433 e. The number of ether oxygens (including phenoxy) is 2. The molecule has 3 aromatic rings. The van der Waals surface area contributed by atoms with E-state index in [1.165, 1.54) is 11.3 Å². The number of alkyl halides is 3. The Morgan fingerprint density at radius 3 is 2.68 bits per heavy atom. The zero-order chi connectivity index (χ0) is 24.5. The van der Waals surface area contributed by atoms with Gasteiger partial charge in [0.15, 0.2) is 5.54 Å². The Kier molecular flexibility index (Phi) is 6.10. The van der Waals surface area contributed by atoms with Crippen molar-refractivity contribution in [2.24, 2.45) is 16.5 Å². The maximum Gasteiger partial charge on any atom is 0.433 e. The number of nitrogens with one attached hydrogen (secondary N) is 1. The summed E-state index contributed by atoms with van der Waals surface area (Å²) < 4.78 is 48.7. The number of nitrogens with two attached hydrogens (primary N) is 2. The van der Waals surface area contributed by atoms with Gasteiger partial charge in [-0.15, -0.1) is 11.3 Å². The Morgan fingerprint density at radius 2 is 2.03 bits per heavy atom. The van der Waals surface area contributed by atoms with E-state index in [0.29, 0.717) is 10.7 Å². The van der Waals surface area contributed by atoms with Crippen LogP contribution in [-0.2, 0) is 21.2 Å². The summed E-state index contributed by atoms with van der Waals surface area (Å²) in [6.45, 7) is 2.23. The van der Waals surface area contributed by atoms with Crippen LogP contribution < -0.4 is 16.8 Å². The SMILES string of the molecule is Cc1cc(Nc2nccc(C(F)(F)F)n2)cc(-c2cnc(C3(N=C(N)OC(N)=O)COC3)s2)c1. The van der Waals surface area contributed by atoms with Crippen LogP contribution in [0.25, 0.3) is 10.4 Å². The summed E-state index contributed by atoms with van der Waals surface area (Å²) in [7, 11) is 0. The van der Waals surface area contributed by atoms with E-state index in [2.05, 4.69) is 30.0 Å². The molecule has 1 saturated heterocycles. The summed E-state index contributed by atoms with van der Waals surface area (Å²) >= 11 is 1.33. The minimum atomic E-state index is -4.58. The fourth-order valence-corrected chi connectivity index (χ4v) is 4.20. The highest BCUT2D eigenvalue weighted by Crippen LogP contribution is 2.40. The number of thiazole rings is 1. The molecule has 2 aromatic heterocycles. The number of benzene rings is 1. The molecule has 3 heterocycles. The standard InChI is InChI=1S/C20H18F3N7O3S/c1-10-4-11(6-12(5-10)28-18-26-3-2-14(29-18)20(21,22)23)13-7-27-15(34-13)19(8-32-9-19)30-16(24)33-17(25)31/h2-7H,8-9H2,1H3,(H2,24,30)(H2,25,31)(H,26,28,29). The zero-order valence-corrected chi connectivity index (χ0v) is 18.4. The van der Waals surface area contributed by atoms with Gasteiger partial charge in [-0.25, -0.2) is 24.7 Å². The first-order valence-corrected chi connectivity index (χ1v) is 10.5. The number of aryl methyl sites for hydroxylation is 1. The van der Waals surface area contributed by atoms with Crippen molar-refractivity contribution < 1.29 is 27.4 Å². The molecule has 0 saturated carbocycles. The van der Waals surface area contributed by atoms with Gasteiger partial charge in [0.25, 0.3) is 6.02 Å². The van der Waals surface area contributed by atoms with E-state index in [-0.39, 0.29) is 19.2 Å². The lowest BCUT2D eigenvalue weighted by Crippen LogP contribution is -2.47. The molecular weight excluding hydrogens is 475 g/mol. The van der Waals surface area contributed by atoms with Crippen LogP contribution in [0.5, 0.6) is 0 Å². The van der Waals surface area contributed by atoms with Crippen molar-refractivity contribution >= 4 is 35.1 Å². The van der Waals surface area contributed by atoms with Gasteiger partial charge in [0.1, 0.15) is 10.7 Å². The fourth-order valence-electron chi connectivity index (χ4n) is 3.19. The van der Waals surface area contributed by atoms with Crippen LogP contribution in [0.3, 0.4) is 0 Å². The van der Waals surface area contributed by atoms with Gasteiger partial charge in [-0.05, 0) is 36.2 Å². The predicted molar refractivity (Wildman–Crippen MR) is 117 cm³/mol. The van der Waals surface area contributed by atoms with E-state index < -0.39 is 29.5 Å². The molecule has 5 N–H and O–H groups in total. The summed E-state index contributed by atoms with van der Waals surface area (Å²) in [5.41, 5.74) is 10.8. The number of anilines is 2. The second-order valence-electron chi connectivity index (χ2n) is 7.40. The third-order valence-corrected chi connectivity index (χ3v) is 5.92. The quantitative estimate of drug-likeness (QED) is 0.362. The van der Waals surface area contributed by atoms with E-state index in [9.17, 15) is 18.0 Å². The summed E-state index contributed by atoms with van der Waals surface area (Å²) in [6, 6.07) is 5.80. The number of amidine groups is 1. The van der Waals surface area contributed by atoms with Crippen LogP contribution in [-0.4, -0.2) is 40.3 Å². The molecule has 0 unspecified atom stereocenters. The van der Waals surface area contributed by atoms with Crippen LogP contribution in [0.4, 0.5) is 29.6 Å². The lowest BCUT2D eigenvalue weighted by Gasteiger charge is -2.35. The third kappa shape index (κ3) is 5.07. The van der Waals surface area contributed by atoms with Gasteiger partial charge in [-0.3, -0.25) is 0 Å². The van der Waals surface area contributed by atoms with E-state index in [0.717, 1.165) is 28.3 Å². The molecular formula is C20H18F3N7O3S. The van der Waals surface area contributed by atoms with Gasteiger partial charge in [0.2, 0.25) is 5.95 Å². The summed E-state index contributed by atoms with van der Waals surface area (Å²) in [5, 5.41) is 3.40. The zero-order valence-electron chi connectivity index (χ0n) is 17.6. The predicted octanol–water partition coefficient (Wildman–Crippen LogP) is 3.31. The van der Waals surface area contributed by atoms with Gasteiger partial charge in [-0.1, -0.05) is 6.07 Å². The molecule has 1 aliphatic rings. The van der Waals surface area contributed by atoms with Gasteiger partial charge in [0.05, 0.1) is 18.1 Å². The van der Waals surface area contributed by atoms with E-state index in [1.807, 2.05) is 13.0 Å². The number of aliphatic imine (C=N–C) groups is 1. The molecule has 0 aliphatic carbocycles. The molecule has 14 heteroatoms. The lowest BCUT2D eigenvalue weighted by molar-refractivity contribution is -0.141. The van der Waals surface area contributed by atoms with Crippen molar-refractivity contribution in [1.29, 1.82) is 0 Å². The monoisotopic (exact) mass is 493 g/mol. The highest BCUT2D eigenvalue weighted by Gasteiger charge is 2.44. The molecule has 0 spiro atoms. The Hall–Kier alpha value is -3.78. The average molecular weight is 493 g/mol. The van der Waals surface area contributed by atoms with Gasteiger partial charge in [0, 0.05) is 18.1 Å². The number of amides is 1. The van der Waals surface area contributed by atoms with E-state index >= 15 is 0 Å². The van der Waals surface area contributed by atoms with Gasteiger partial charge in [-0.2, -0.15) is 13.2 Å². The van der Waals surface area contributed by atoms with Crippen LogP contribution in [0.15, 0.2) is 41.7 Å². The van der Waals surface area contributed by atoms with E-state index in [4.69, 9.17) is 16.2 Å². The topological polar surface area (TPSA) is 151 Å². The Balaban J connectivity index is 1.60. The minimum Gasteiger partial charge on any atom is -0.376 e. The van der Waals surface area contributed by atoms with Crippen LogP contribution in [0.2, 0.25) is 0 Å². The molecule has 1 aromatic carbocycles. The first-order chi connectivity index (χ1) is 16.0. The van der Waals surface area contributed by atoms with Crippen LogP contribution in [0, 0.1) is 6.92 Å². The molecule has 4 rings (SSSR count). The number of hydrogen-bond donors (Lipinski definition) is 3. The lowest BCUT2D eigenvalue weighted by atomic mass is 10.00. The highest BCUT2D eigenvalue weighted by molar-refractivity contribution is 7.15. The smallest absolute Gasteiger partial charge is 0.376 e. The van der Waals surface area contributed by atoms with Crippen molar-refractivity contribution in [3.63, 3.8) is 0 Å². The molecule has 34 heavy (non-hydrogen) atoms. The van der Waals surface area contributed by atoms with Crippen molar-refractivity contribution in [2.45, 2.75) is 18.6 Å². The number of aromatic nitrogens is 3. The summed E-state index contributed by atoms with van der Waals surface area (Å²) in [6.07, 6.45) is -2.98. The maximum atomic E-state index is 12.9. The van der Waals surface area contributed by atoms with Crippen molar-refractivity contribution in [3.8, 4) is 10.4 Å². The molecule has 178 valence electrons. The maximum absolute atomic E-state index is 12.9. The van der Waals surface area contributed by atoms with Crippen LogP contribution >= 0.6 is 11.3 Å². The first-order valence-electron chi connectivity index (χ1n) is 9.70. The van der Waals surface area contributed by atoms with Crippen LogP contribution in [0.1, 0.15) is 16.3 Å². The summed E-state index contributed by atoms with van der Waals surface area (Å²) in [5.74, 6) is -0.179. The van der Waals surface area contributed by atoms with Gasteiger partial charge < -0.3 is 26.3 Å².